The minimum atomic E-state index is -4.55. The molecule has 9 heteroatoms. The van der Waals surface area contributed by atoms with Crippen LogP contribution in [0.1, 0.15) is 43.4 Å². The fraction of sp³-hybridized carbons (Fsp3) is 0.440. The minimum absolute atomic E-state index is 0.0519. The lowest BCUT2D eigenvalue weighted by atomic mass is 10.0. The van der Waals surface area contributed by atoms with Gasteiger partial charge in [0.15, 0.2) is 0 Å². The molecule has 0 amide bonds. The van der Waals surface area contributed by atoms with Crippen LogP contribution in [0, 0.1) is 5.92 Å². The van der Waals surface area contributed by atoms with Crippen LogP contribution in [0.2, 0.25) is 0 Å². The first-order valence-electron chi connectivity index (χ1n) is 11.2. The summed E-state index contributed by atoms with van der Waals surface area (Å²) in [6.45, 7) is 5.44. The Morgan fingerprint density at radius 1 is 1.06 bits per heavy atom. The second-order valence-corrected chi connectivity index (χ2v) is 11.6. The molecule has 0 unspecified atom stereocenters. The zero-order chi connectivity index (χ0) is 24.9. The van der Waals surface area contributed by atoms with Gasteiger partial charge in [-0.15, -0.1) is 0 Å². The van der Waals surface area contributed by atoms with Crippen LogP contribution in [0.4, 0.5) is 13.2 Å². The van der Waals surface area contributed by atoms with Gasteiger partial charge in [0.05, 0.1) is 10.5 Å². The molecule has 0 radical (unpaired) electrons. The number of nitrogens with zero attached hydrogens (tertiary/aromatic N) is 2. The van der Waals surface area contributed by atoms with E-state index >= 15 is 0 Å². The maximum absolute atomic E-state index is 13.5. The summed E-state index contributed by atoms with van der Waals surface area (Å²) in [6, 6.07) is 11.7. The van der Waals surface area contributed by atoms with Gasteiger partial charge in [0, 0.05) is 26.2 Å². The molecular formula is C25H31F3N2O2S2. The number of halogens is 3. The molecule has 0 aliphatic carbocycles. The quantitative estimate of drug-likeness (QED) is 0.389. The van der Waals surface area contributed by atoms with E-state index < -0.39 is 21.8 Å². The van der Waals surface area contributed by atoms with Crippen molar-refractivity contribution in [2.45, 2.75) is 44.3 Å². The zero-order valence-electron chi connectivity index (χ0n) is 19.7. The molecule has 0 aromatic heterocycles. The van der Waals surface area contributed by atoms with Crippen molar-refractivity contribution in [3.63, 3.8) is 0 Å². The Labute approximate surface area is 205 Å². The average molecular weight is 513 g/mol. The van der Waals surface area contributed by atoms with Crippen molar-refractivity contribution in [1.29, 1.82) is 0 Å². The van der Waals surface area contributed by atoms with E-state index in [0.717, 1.165) is 41.9 Å². The van der Waals surface area contributed by atoms with Crippen LogP contribution in [-0.4, -0.2) is 42.9 Å². The summed E-state index contributed by atoms with van der Waals surface area (Å²) < 4.78 is 70.8. The van der Waals surface area contributed by atoms with Crippen LogP contribution in [0.3, 0.4) is 0 Å². The summed E-state index contributed by atoms with van der Waals surface area (Å²) in [6.07, 6.45) is 1.56. The van der Waals surface area contributed by atoms with Gasteiger partial charge in [-0.3, -0.25) is 4.31 Å². The lowest BCUT2D eigenvalue weighted by Crippen LogP contribution is -2.34. The van der Waals surface area contributed by atoms with Gasteiger partial charge >= 0.3 is 6.18 Å². The molecule has 3 rings (SSSR count). The van der Waals surface area contributed by atoms with Gasteiger partial charge in [0.2, 0.25) is 10.0 Å². The SMILES string of the molecule is CSN1CCC(=Cc2ccc(S(=O)(=O)N(Cc3ccccc3C(F)(F)F)CC(C)C)cc2)CC1. The van der Waals surface area contributed by atoms with Gasteiger partial charge in [-0.2, -0.15) is 17.5 Å². The fourth-order valence-electron chi connectivity index (χ4n) is 4.00. The van der Waals surface area contributed by atoms with Crippen LogP contribution >= 0.6 is 11.9 Å². The number of sulfonamides is 1. The summed E-state index contributed by atoms with van der Waals surface area (Å²) >= 11 is 1.74. The van der Waals surface area contributed by atoms with E-state index in [1.807, 2.05) is 13.8 Å². The highest BCUT2D eigenvalue weighted by atomic mass is 32.2. The highest BCUT2D eigenvalue weighted by Gasteiger charge is 2.35. The maximum atomic E-state index is 13.5. The highest BCUT2D eigenvalue weighted by molar-refractivity contribution is 7.96. The molecule has 0 spiro atoms. The normalized spacial score (nSPS) is 15.8. The number of rotatable bonds is 8. The summed E-state index contributed by atoms with van der Waals surface area (Å²) in [7, 11) is -3.98. The van der Waals surface area contributed by atoms with Crippen molar-refractivity contribution in [2.24, 2.45) is 5.92 Å². The summed E-state index contributed by atoms with van der Waals surface area (Å²) in [5.41, 5.74) is 1.38. The van der Waals surface area contributed by atoms with E-state index in [1.54, 1.807) is 36.2 Å². The largest absolute Gasteiger partial charge is 0.416 e. The van der Waals surface area contributed by atoms with Crippen molar-refractivity contribution < 1.29 is 21.6 Å². The van der Waals surface area contributed by atoms with Crippen molar-refractivity contribution in [3.8, 4) is 0 Å². The Morgan fingerprint density at radius 3 is 2.24 bits per heavy atom. The smallest absolute Gasteiger partial charge is 0.250 e. The molecule has 2 aromatic rings. The van der Waals surface area contributed by atoms with Gasteiger partial charge < -0.3 is 0 Å². The number of alkyl halides is 3. The molecule has 0 saturated carbocycles. The van der Waals surface area contributed by atoms with E-state index in [2.05, 4.69) is 16.6 Å². The lowest BCUT2D eigenvalue weighted by Gasteiger charge is -2.26. The molecule has 1 heterocycles. The zero-order valence-corrected chi connectivity index (χ0v) is 21.3. The second-order valence-electron chi connectivity index (χ2n) is 8.83. The van der Waals surface area contributed by atoms with Crippen LogP contribution in [0.5, 0.6) is 0 Å². The second kappa shape index (κ2) is 11.3. The van der Waals surface area contributed by atoms with Crippen LogP contribution in [-0.2, 0) is 22.7 Å². The molecule has 0 bridgehead atoms. The van der Waals surface area contributed by atoms with Gasteiger partial charge in [0.25, 0.3) is 0 Å². The Kier molecular flexibility index (Phi) is 8.89. The molecule has 1 fully saturated rings. The molecule has 0 atom stereocenters. The monoisotopic (exact) mass is 512 g/mol. The lowest BCUT2D eigenvalue weighted by molar-refractivity contribution is -0.138. The first-order valence-corrected chi connectivity index (χ1v) is 13.9. The van der Waals surface area contributed by atoms with Gasteiger partial charge in [-0.1, -0.05) is 67.8 Å². The third-order valence-electron chi connectivity index (χ3n) is 5.75. The summed E-state index contributed by atoms with van der Waals surface area (Å²) in [5, 5.41) is 0. The Bertz CT molecular complexity index is 1090. The third kappa shape index (κ3) is 6.87. The van der Waals surface area contributed by atoms with E-state index in [4.69, 9.17) is 0 Å². The molecule has 0 N–H and O–H groups in total. The van der Waals surface area contributed by atoms with Gasteiger partial charge in [0.1, 0.15) is 0 Å². The predicted octanol–water partition coefficient (Wildman–Crippen LogP) is 6.31. The Hall–Kier alpha value is -1.81. The molecule has 1 aliphatic heterocycles. The van der Waals surface area contributed by atoms with E-state index in [0.29, 0.717) is 0 Å². The van der Waals surface area contributed by atoms with Crippen LogP contribution in [0.25, 0.3) is 6.08 Å². The highest BCUT2D eigenvalue weighted by Crippen LogP contribution is 2.33. The van der Waals surface area contributed by atoms with Crippen molar-refractivity contribution >= 4 is 28.0 Å². The predicted molar refractivity (Wildman–Crippen MR) is 133 cm³/mol. The van der Waals surface area contributed by atoms with Crippen molar-refractivity contribution in [2.75, 3.05) is 25.9 Å². The number of hydrogen-bond donors (Lipinski definition) is 0. The van der Waals surface area contributed by atoms with E-state index in [9.17, 15) is 21.6 Å². The topological polar surface area (TPSA) is 40.6 Å². The van der Waals surface area contributed by atoms with Crippen LogP contribution < -0.4 is 0 Å². The number of hydrogen-bond acceptors (Lipinski definition) is 4. The first kappa shape index (κ1) is 26.8. The molecule has 1 aliphatic rings. The molecule has 186 valence electrons. The molecule has 4 nitrogen and oxygen atoms in total. The van der Waals surface area contributed by atoms with E-state index in [-0.39, 0.29) is 29.5 Å². The molecule has 2 aromatic carbocycles. The third-order valence-corrected chi connectivity index (χ3v) is 8.46. The molecule has 34 heavy (non-hydrogen) atoms. The molecule has 1 saturated heterocycles. The summed E-state index contributed by atoms with van der Waals surface area (Å²) in [5.74, 6) is -0.0519. The van der Waals surface area contributed by atoms with Crippen LogP contribution in [0.15, 0.2) is 59.0 Å². The van der Waals surface area contributed by atoms with Gasteiger partial charge in [-0.25, -0.2) is 8.42 Å². The number of benzene rings is 2. The number of piperidine rings is 1. The van der Waals surface area contributed by atoms with E-state index in [1.165, 1.54) is 23.8 Å². The minimum Gasteiger partial charge on any atom is -0.250 e. The standard InChI is InChI=1S/C25H31F3N2O2S2/c1-19(2)17-30(18-22-6-4-5-7-24(22)25(26,27)28)34(31,32)23-10-8-20(9-11-23)16-21-12-14-29(33-3)15-13-21/h4-11,16,19H,12-15,17-18H2,1-3H3. The Balaban J connectivity index is 1.84. The average Bonchev–Trinajstić information content (AvgIpc) is 2.79. The van der Waals surface area contributed by atoms with Gasteiger partial charge in [-0.05, 0) is 54.3 Å². The first-order chi connectivity index (χ1) is 16.0. The van der Waals surface area contributed by atoms with Crippen molar-refractivity contribution in [1.82, 2.24) is 8.61 Å². The maximum Gasteiger partial charge on any atom is 0.416 e. The summed E-state index contributed by atoms with van der Waals surface area (Å²) in [4.78, 5) is 0.0805. The Morgan fingerprint density at radius 2 is 1.68 bits per heavy atom. The molecular weight excluding hydrogens is 481 g/mol. The van der Waals surface area contributed by atoms with Crippen molar-refractivity contribution in [3.05, 3.63) is 70.8 Å². The fourth-order valence-corrected chi connectivity index (χ4v) is 6.13.